The summed E-state index contributed by atoms with van der Waals surface area (Å²) in [7, 11) is 0. The topological polar surface area (TPSA) is 69.4 Å². The Hall–Kier alpha value is -1.91. The number of aldehydes is 1. The van der Waals surface area contributed by atoms with Crippen LogP contribution in [0.1, 0.15) is 23.7 Å². The molecule has 0 aliphatic heterocycles. The number of hydrogen-bond donors (Lipinski definition) is 0. The third-order valence-corrected chi connectivity index (χ3v) is 1.78. The molecule has 0 N–H and O–H groups in total. The van der Waals surface area contributed by atoms with Gasteiger partial charge in [-0.15, -0.1) is 0 Å². The van der Waals surface area contributed by atoms with Crippen LogP contribution in [0.15, 0.2) is 18.2 Å². The summed E-state index contributed by atoms with van der Waals surface area (Å²) >= 11 is 0. The molecule has 15 heavy (non-hydrogen) atoms. The van der Waals surface area contributed by atoms with Crippen LogP contribution < -0.4 is 4.74 Å². The van der Waals surface area contributed by atoms with E-state index in [4.69, 9.17) is 4.74 Å². The van der Waals surface area contributed by atoms with E-state index in [1.54, 1.807) is 0 Å². The molecule has 0 atom stereocenters. The van der Waals surface area contributed by atoms with Gasteiger partial charge in [-0.2, -0.15) is 0 Å². The van der Waals surface area contributed by atoms with Gasteiger partial charge in [-0.3, -0.25) is 14.9 Å². The van der Waals surface area contributed by atoms with Gasteiger partial charge in [0.25, 0.3) is 0 Å². The Kier molecular flexibility index (Phi) is 3.79. The lowest BCUT2D eigenvalue weighted by atomic mass is 10.2. The maximum atomic E-state index is 10.7. The molecule has 0 spiro atoms. The number of hydrogen-bond acceptors (Lipinski definition) is 4. The van der Waals surface area contributed by atoms with Crippen molar-refractivity contribution in [1.29, 1.82) is 0 Å². The molecule has 0 heterocycles. The summed E-state index contributed by atoms with van der Waals surface area (Å²) in [5, 5.41) is 10.7. The summed E-state index contributed by atoms with van der Waals surface area (Å²) in [6, 6.07) is 4.14. The number of nitro groups is 1. The maximum Gasteiger partial charge on any atom is 0.311 e. The van der Waals surface area contributed by atoms with Crippen LogP contribution in [-0.4, -0.2) is 17.8 Å². The normalized spacial score (nSPS) is 9.67. The zero-order valence-corrected chi connectivity index (χ0v) is 8.30. The van der Waals surface area contributed by atoms with E-state index in [9.17, 15) is 14.9 Å². The first kappa shape index (κ1) is 11.2. The molecule has 5 nitrogen and oxygen atoms in total. The van der Waals surface area contributed by atoms with Crippen molar-refractivity contribution in [2.75, 3.05) is 6.61 Å². The van der Waals surface area contributed by atoms with Crippen molar-refractivity contribution in [2.24, 2.45) is 0 Å². The quantitative estimate of drug-likeness (QED) is 0.423. The van der Waals surface area contributed by atoms with Gasteiger partial charge in [0.05, 0.1) is 11.5 Å². The summed E-state index contributed by atoms with van der Waals surface area (Å²) < 4.78 is 5.19. The van der Waals surface area contributed by atoms with Crippen LogP contribution in [0.3, 0.4) is 0 Å². The molecule has 0 aliphatic carbocycles. The van der Waals surface area contributed by atoms with Crippen molar-refractivity contribution in [3.8, 4) is 5.75 Å². The zero-order valence-electron chi connectivity index (χ0n) is 8.30. The van der Waals surface area contributed by atoms with Gasteiger partial charge < -0.3 is 4.74 Å². The Morgan fingerprint density at radius 3 is 2.80 bits per heavy atom. The maximum absolute atomic E-state index is 10.7. The SMILES string of the molecule is CCCOc1ccc(C=O)cc1[N+](=O)[O-]. The molecule has 5 heteroatoms. The Balaban J connectivity index is 3.03. The van der Waals surface area contributed by atoms with Gasteiger partial charge in [-0.1, -0.05) is 6.92 Å². The number of rotatable bonds is 5. The number of nitrogens with zero attached hydrogens (tertiary/aromatic N) is 1. The smallest absolute Gasteiger partial charge is 0.311 e. The standard InChI is InChI=1S/C10H11NO4/c1-2-5-15-10-4-3-8(7-12)6-9(10)11(13)14/h3-4,6-7H,2,5H2,1H3. The first-order valence-electron chi connectivity index (χ1n) is 4.55. The van der Waals surface area contributed by atoms with Crippen LogP contribution in [0.5, 0.6) is 5.75 Å². The van der Waals surface area contributed by atoms with Crippen LogP contribution >= 0.6 is 0 Å². The average Bonchev–Trinajstić information content (AvgIpc) is 2.26. The lowest BCUT2D eigenvalue weighted by Gasteiger charge is -2.04. The molecule has 0 radical (unpaired) electrons. The zero-order chi connectivity index (χ0) is 11.3. The number of ether oxygens (including phenoxy) is 1. The molecule has 1 rings (SSSR count). The highest BCUT2D eigenvalue weighted by Gasteiger charge is 2.15. The van der Waals surface area contributed by atoms with E-state index in [0.29, 0.717) is 12.9 Å². The summed E-state index contributed by atoms with van der Waals surface area (Å²) in [4.78, 5) is 20.5. The fraction of sp³-hybridized carbons (Fsp3) is 0.300. The second kappa shape index (κ2) is 5.09. The van der Waals surface area contributed by atoms with E-state index in [1.807, 2.05) is 6.92 Å². The number of benzene rings is 1. The van der Waals surface area contributed by atoms with Gasteiger partial charge in [0, 0.05) is 11.6 Å². The second-order valence-electron chi connectivity index (χ2n) is 2.95. The average molecular weight is 209 g/mol. The second-order valence-corrected chi connectivity index (χ2v) is 2.95. The minimum Gasteiger partial charge on any atom is -0.487 e. The summed E-state index contributed by atoms with van der Waals surface area (Å²) in [5.41, 5.74) is 0.0959. The number of carbonyl (C=O) groups is 1. The van der Waals surface area contributed by atoms with Gasteiger partial charge in [0.1, 0.15) is 6.29 Å². The molecule has 0 amide bonds. The van der Waals surface area contributed by atoms with Crippen molar-refractivity contribution in [2.45, 2.75) is 13.3 Å². The number of carbonyl (C=O) groups excluding carboxylic acids is 1. The Bertz CT molecular complexity index is 376. The fourth-order valence-corrected chi connectivity index (χ4v) is 1.08. The highest BCUT2D eigenvalue weighted by molar-refractivity contribution is 5.77. The van der Waals surface area contributed by atoms with Crippen LogP contribution in [-0.2, 0) is 0 Å². The molecule has 0 saturated heterocycles. The van der Waals surface area contributed by atoms with Gasteiger partial charge in [-0.05, 0) is 18.6 Å². The molecule has 1 aromatic rings. The molecule has 80 valence electrons. The molecule has 0 saturated carbocycles. The van der Waals surface area contributed by atoms with Crippen LogP contribution in [0.2, 0.25) is 0 Å². The summed E-state index contributed by atoms with van der Waals surface area (Å²) in [6.07, 6.45) is 1.34. The lowest BCUT2D eigenvalue weighted by molar-refractivity contribution is -0.385. The minimum absolute atomic E-state index is 0.173. The molecular weight excluding hydrogens is 198 g/mol. The minimum atomic E-state index is -0.558. The van der Waals surface area contributed by atoms with E-state index in [2.05, 4.69) is 0 Å². The number of nitro benzene ring substituents is 1. The largest absolute Gasteiger partial charge is 0.487 e. The van der Waals surface area contributed by atoms with Crippen molar-refractivity contribution in [3.05, 3.63) is 33.9 Å². The van der Waals surface area contributed by atoms with E-state index >= 15 is 0 Å². The van der Waals surface area contributed by atoms with Gasteiger partial charge in [0.15, 0.2) is 5.75 Å². The van der Waals surface area contributed by atoms with E-state index in [0.717, 1.165) is 6.42 Å². The predicted octanol–water partition coefficient (Wildman–Crippen LogP) is 2.20. The van der Waals surface area contributed by atoms with Crippen molar-refractivity contribution >= 4 is 12.0 Å². The third-order valence-electron chi connectivity index (χ3n) is 1.78. The predicted molar refractivity (Wildman–Crippen MR) is 54.3 cm³/mol. The van der Waals surface area contributed by atoms with Crippen LogP contribution in [0.25, 0.3) is 0 Å². The van der Waals surface area contributed by atoms with Gasteiger partial charge in [-0.25, -0.2) is 0 Å². The fourth-order valence-electron chi connectivity index (χ4n) is 1.08. The third kappa shape index (κ3) is 2.77. The first-order valence-corrected chi connectivity index (χ1v) is 4.55. The molecule has 0 bridgehead atoms. The molecular formula is C10H11NO4. The van der Waals surface area contributed by atoms with Crippen LogP contribution in [0, 0.1) is 10.1 Å². The monoisotopic (exact) mass is 209 g/mol. The van der Waals surface area contributed by atoms with Crippen molar-refractivity contribution in [3.63, 3.8) is 0 Å². The molecule has 0 aromatic heterocycles. The highest BCUT2D eigenvalue weighted by atomic mass is 16.6. The molecule has 0 fully saturated rings. The summed E-state index contributed by atoms with van der Waals surface area (Å²) in [5.74, 6) is 0.201. The molecule has 0 aliphatic rings. The first-order chi connectivity index (χ1) is 7.19. The van der Waals surface area contributed by atoms with Crippen LogP contribution in [0.4, 0.5) is 5.69 Å². The molecule has 1 aromatic carbocycles. The highest BCUT2D eigenvalue weighted by Crippen LogP contribution is 2.27. The van der Waals surface area contributed by atoms with Gasteiger partial charge in [0.2, 0.25) is 0 Å². The Morgan fingerprint density at radius 1 is 1.53 bits per heavy atom. The van der Waals surface area contributed by atoms with E-state index < -0.39 is 4.92 Å². The summed E-state index contributed by atoms with van der Waals surface area (Å²) in [6.45, 7) is 2.33. The Labute approximate surface area is 86.8 Å². The molecule has 0 unspecified atom stereocenters. The Morgan fingerprint density at radius 2 is 2.27 bits per heavy atom. The van der Waals surface area contributed by atoms with Gasteiger partial charge >= 0.3 is 5.69 Å². The van der Waals surface area contributed by atoms with E-state index in [-0.39, 0.29) is 17.0 Å². The lowest BCUT2D eigenvalue weighted by Crippen LogP contribution is -2.00. The van der Waals surface area contributed by atoms with E-state index in [1.165, 1.54) is 18.2 Å². The van der Waals surface area contributed by atoms with Crippen molar-refractivity contribution < 1.29 is 14.5 Å². The van der Waals surface area contributed by atoms with Crippen molar-refractivity contribution in [1.82, 2.24) is 0 Å².